The monoisotopic (exact) mass is 449 g/mol. The zero-order chi connectivity index (χ0) is 22.9. The van der Waals surface area contributed by atoms with E-state index in [9.17, 15) is 18.0 Å². The lowest BCUT2D eigenvalue weighted by Crippen LogP contribution is -2.42. The first-order valence-corrected chi connectivity index (χ1v) is 9.99. The summed E-state index contributed by atoms with van der Waals surface area (Å²) in [4.78, 5) is 22.2. The van der Waals surface area contributed by atoms with Gasteiger partial charge in [0, 0.05) is 49.2 Å². The molecular formula is C21H22F3N5O3. The molecule has 3 heterocycles. The number of aromatic nitrogens is 3. The first-order chi connectivity index (χ1) is 15.3. The summed E-state index contributed by atoms with van der Waals surface area (Å²) in [5.74, 6) is 0.0904. The molecule has 8 nitrogen and oxygen atoms in total. The molecule has 1 saturated heterocycles. The number of benzene rings is 1. The van der Waals surface area contributed by atoms with Crippen molar-refractivity contribution in [1.82, 2.24) is 19.4 Å². The maximum absolute atomic E-state index is 13.6. The second-order valence-corrected chi connectivity index (χ2v) is 7.40. The fourth-order valence-corrected chi connectivity index (χ4v) is 3.88. The number of amides is 2. The Labute approximate surface area is 182 Å². The Morgan fingerprint density at radius 3 is 2.38 bits per heavy atom. The molecule has 1 aliphatic heterocycles. The molecule has 1 aliphatic rings. The predicted octanol–water partition coefficient (Wildman–Crippen LogP) is 4.34. The molecule has 3 aromatic rings. The van der Waals surface area contributed by atoms with Gasteiger partial charge in [0.2, 0.25) is 5.82 Å². The summed E-state index contributed by atoms with van der Waals surface area (Å²) < 4.78 is 52.4. The molecule has 1 aromatic carbocycles. The van der Waals surface area contributed by atoms with E-state index in [1.54, 1.807) is 29.2 Å². The van der Waals surface area contributed by atoms with Crippen molar-refractivity contribution in [3.63, 3.8) is 0 Å². The number of nitrogens with one attached hydrogen (secondary N) is 1. The van der Waals surface area contributed by atoms with E-state index in [0.717, 1.165) is 4.57 Å². The summed E-state index contributed by atoms with van der Waals surface area (Å²) in [5.41, 5.74) is 0.899. The van der Waals surface area contributed by atoms with Gasteiger partial charge in [-0.05, 0) is 25.0 Å². The van der Waals surface area contributed by atoms with Crippen LogP contribution in [0.15, 0.2) is 36.5 Å². The summed E-state index contributed by atoms with van der Waals surface area (Å²) in [7, 11) is 3.02. The van der Waals surface area contributed by atoms with Gasteiger partial charge in [0.25, 0.3) is 0 Å². The second kappa shape index (κ2) is 8.56. The molecule has 0 aliphatic carbocycles. The third kappa shape index (κ3) is 4.27. The van der Waals surface area contributed by atoms with Crippen molar-refractivity contribution in [2.45, 2.75) is 25.1 Å². The van der Waals surface area contributed by atoms with E-state index >= 15 is 0 Å². The van der Waals surface area contributed by atoms with Crippen molar-refractivity contribution in [3.05, 3.63) is 42.4 Å². The van der Waals surface area contributed by atoms with Gasteiger partial charge < -0.3 is 24.3 Å². The molecule has 1 N–H and O–H groups in total. The highest BCUT2D eigenvalue weighted by Gasteiger charge is 2.40. The van der Waals surface area contributed by atoms with Crippen LogP contribution in [0.4, 0.5) is 23.7 Å². The van der Waals surface area contributed by atoms with Crippen LogP contribution in [-0.4, -0.2) is 52.8 Å². The van der Waals surface area contributed by atoms with Gasteiger partial charge >= 0.3 is 12.2 Å². The highest BCUT2D eigenvalue weighted by Crippen LogP contribution is 2.36. The Morgan fingerprint density at radius 1 is 1.12 bits per heavy atom. The van der Waals surface area contributed by atoms with Gasteiger partial charge in [0.05, 0.1) is 14.2 Å². The fraction of sp³-hybridized carbons (Fsp3) is 0.381. The predicted molar refractivity (Wildman–Crippen MR) is 111 cm³/mol. The number of halogens is 3. The number of nitrogens with zero attached hydrogens (tertiary/aromatic N) is 4. The standard InChI is InChI=1S/C21H22F3N5O3/c1-31-15-10-13(11-16(12-15)32-2)26-20(30)28-8-5-14(6-9-28)29-18-17(4-3-7-25-18)27-19(29)21(22,23)24/h3-4,7,10-12,14H,5-6,8-9H2,1-2H3,(H,26,30). The van der Waals surface area contributed by atoms with E-state index in [4.69, 9.17) is 9.47 Å². The van der Waals surface area contributed by atoms with Crippen molar-refractivity contribution in [2.75, 3.05) is 32.6 Å². The van der Waals surface area contributed by atoms with Crippen molar-refractivity contribution in [3.8, 4) is 11.5 Å². The van der Waals surface area contributed by atoms with Crippen LogP contribution in [0.5, 0.6) is 11.5 Å². The third-order valence-corrected chi connectivity index (χ3v) is 5.42. The Hall–Kier alpha value is -3.50. The lowest BCUT2D eigenvalue weighted by molar-refractivity contribution is -0.147. The largest absolute Gasteiger partial charge is 0.497 e. The lowest BCUT2D eigenvalue weighted by Gasteiger charge is -2.33. The normalized spacial score (nSPS) is 15.1. The maximum Gasteiger partial charge on any atom is 0.449 e. The number of carbonyl (C=O) groups is 1. The summed E-state index contributed by atoms with van der Waals surface area (Å²) >= 11 is 0. The number of hydrogen-bond donors (Lipinski definition) is 1. The topological polar surface area (TPSA) is 81.5 Å². The van der Waals surface area contributed by atoms with Gasteiger partial charge in [0.15, 0.2) is 5.65 Å². The van der Waals surface area contributed by atoms with E-state index in [0.29, 0.717) is 43.1 Å². The van der Waals surface area contributed by atoms with Crippen LogP contribution < -0.4 is 14.8 Å². The molecule has 0 radical (unpaired) electrons. The summed E-state index contributed by atoms with van der Waals surface area (Å²) in [6, 6.07) is 7.26. The zero-order valence-corrected chi connectivity index (χ0v) is 17.5. The molecule has 0 atom stereocenters. The number of fused-ring (bicyclic) bond motifs is 1. The van der Waals surface area contributed by atoms with Crippen LogP contribution >= 0.6 is 0 Å². The van der Waals surface area contributed by atoms with Gasteiger partial charge in [-0.2, -0.15) is 13.2 Å². The Morgan fingerprint density at radius 2 is 1.78 bits per heavy atom. The maximum atomic E-state index is 13.6. The van der Waals surface area contributed by atoms with Crippen molar-refractivity contribution < 1.29 is 27.4 Å². The highest BCUT2D eigenvalue weighted by atomic mass is 19.4. The van der Waals surface area contributed by atoms with Gasteiger partial charge in [0.1, 0.15) is 17.0 Å². The first-order valence-electron chi connectivity index (χ1n) is 9.99. The quantitative estimate of drug-likeness (QED) is 0.641. The first kappa shape index (κ1) is 21.7. The molecule has 11 heteroatoms. The lowest BCUT2D eigenvalue weighted by atomic mass is 10.0. The molecule has 32 heavy (non-hydrogen) atoms. The van der Waals surface area contributed by atoms with Crippen LogP contribution in [0.1, 0.15) is 24.7 Å². The number of methoxy groups -OCH3 is 2. The Balaban J connectivity index is 1.49. The van der Waals surface area contributed by atoms with Gasteiger partial charge in [-0.3, -0.25) is 0 Å². The number of alkyl halides is 3. The number of hydrogen-bond acceptors (Lipinski definition) is 5. The van der Waals surface area contributed by atoms with Crippen LogP contribution in [0.25, 0.3) is 11.2 Å². The number of pyridine rings is 1. The van der Waals surface area contributed by atoms with Crippen molar-refractivity contribution in [1.29, 1.82) is 0 Å². The molecule has 4 rings (SSSR count). The van der Waals surface area contributed by atoms with E-state index in [-0.39, 0.29) is 17.2 Å². The van der Waals surface area contributed by atoms with Gasteiger partial charge in [-0.1, -0.05) is 0 Å². The van der Waals surface area contributed by atoms with E-state index < -0.39 is 18.0 Å². The molecule has 0 unspecified atom stereocenters. The van der Waals surface area contributed by atoms with Crippen LogP contribution in [0, 0.1) is 0 Å². The number of urea groups is 1. The molecule has 170 valence electrons. The SMILES string of the molecule is COc1cc(NC(=O)N2CCC(n3c(C(F)(F)F)nc4cccnc43)CC2)cc(OC)c1. The average Bonchev–Trinajstić information content (AvgIpc) is 3.19. The number of anilines is 1. The minimum atomic E-state index is -4.60. The summed E-state index contributed by atoms with van der Waals surface area (Å²) in [5, 5.41) is 2.79. The zero-order valence-electron chi connectivity index (χ0n) is 17.5. The molecule has 2 amide bonds. The third-order valence-electron chi connectivity index (χ3n) is 5.42. The fourth-order valence-electron chi connectivity index (χ4n) is 3.88. The molecule has 0 bridgehead atoms. The van der Waals surface area contributed by atoms with E-state index in [1.807, 2.05) is 0 Å². The van der Waals surface area contributed by atoms with Crippen molar-refractivity contribution >= 4 is 22.9 Å². The molecule has 0 spiro atoms. The van der Waals surface area contributed by atoms with Crippen LogP contribution in [-0.2, 0) is 6.18 Å². The Bertz CT molecular complexity index is 1100. The second-order valence-electron chi connectivity index (χ2n) is 7.40. The number of likely N-dealkylation sites (tertiary alicyclic amines) is 1. The minimum absolute atomic E-state index is 0.200. The number of piperidine rings is 1. The Kier molecular flexibility index (Phi) is 5.81. The summed E-state index contributed by atoms with van der Waals surface area (Å²) in [6.45, 7) is 0.586. The number of carbonyl (C=O) groups excluding carboxylic acids is 1. The van der Waals surface area contributed by atoms with Gasteiger partial charge in [-0.15, -0.1) is 0 Å². The summed E-state index contributed by atoms with van der Waals surface area (Å²) in [6.07, 6.45) is -2.45. The number of rotatable bonds is 4. The van der Waals surface area contributed by atoms with Crippen LogP contribution in [0.2, 0.25) is 0 Å². The number of imidazole rings is 1. The molecule has 1 fully saturated rings. The van der Waals surface area contributed by atoms with E-state index in [1.165, 1.54) is 26.5 Å². The van der Waals surface area contributed by atoms with Crippen LogP contribution in [0.3, 0.4) is 0 Å². The van der Waals surface area contributed by atoms with Gasteiger partial charge in [-0.25, -0.2) is 14.8 Å². The molecule has 2 aromatic heterocycles. The molecule has 0 saturated carbocycles. The van der Waals surface area contributed by atoms with E-state index in [2.05, 4.69) is 15.3 Å². The molecular weight excluding hydrogens is 427 g/mol. The number of ether oxygens (including phenoxy) is 2. The average molecular weight is 449 g/mol. The minimum Gasteiger partial charge on any atom is -0.497 e. The van der Waals surface area contributed by atoms with Crippen molar-refractivity contribution in [2.24, 2.45) is 0 Å². The highest BCUT2D eigenvalue weighted by molar-refractivity contribution is 5.90. The smallest absolute Gasteiger partial charge is 0.449 e.